The molecular formula is C51H33N3S. The van der Waals surface area contributed by atoms with Gasteiger partial charge in [0.1, 0.15) is 0 Å². The Balaban J connectivity index is 1.19. The number of fused-ring (bicyclic) bond motifs is 3. The van der Waals surface area contributed by atoms with Crippen LogP contribution in [0, 0.1) is 0 Å². The van der Waals surface area contributed by atoms with Gasteiger partial charge >= 0.3 is 0 Å². The lowest BCUT2D eigenvalue weighted by Crippen LogP contribution is -1.96. The predicted octanol–water partition coefficient (Wildman–Crippen LogP) is 13.9. The summed E-state index contributed by atoms with van der Waals surface area (Å²) in [6.07, 6.45) is 0. The Labute approximate surface area is 323 Å². The summed E-state index contributed by atoms with van der Waals surface area (Å²) < 4.78 is 1.23. The van der Waals surface area contributed by atoms with E-state index in [1.807, 2.05) is 35.6 Å². The van der Waals surface area contributed by atoms with E-state index in [2.05, 4.69) is 176 Å². The molecule has 0 N–H and O–H groups in total. The zero-order valence-corrected chi connectivity index (χ0v) is 30.6. The van der Waals surface area contributed by atoms with Crippen LogP contribution in [-0.4, -0.2) is 15.0 Å². The molecule has 258 valence electrons. The lowest BCUT2D eigenvalue weighted by Gasteiger charge is -2.13. The van der Waals surface area contributed by atoms with Crippen molar-refractivity contribution < 1.29 is 0 Å². The van der Waals surface area contributed by atoms with Gasteiger partial charge in [-0.25, -0.2) is 15.0 Å². The molecule has 10 aromatic rings. The lowest BCUT2D eigenvalue weighted by molar-refractivity contribution is 1.18. The van der Waals surface area contributed by atoms with Crippen molar-refractivity contribution in [2.75, 3.05) is 0 Å². The van der Waals surface area contributed by atoms with Crippen LogP contribution in [-0.2, 0) is 0 Å². The number of hydrogen-bond donors (Lipinski definition) is 0. The maximum absolute atomic E-state index is 5.35. The first-order chi connectivity index (χ1) is 27.3. The normalized spacial score (nSPS) is 11.3. The van der Waals surface area contributed by atoms with Crippen LogP contribution in [0.3, 0.4) is 0 Å². The summed E-state index contributed by atoms with van der Waals surface area (Å²) in [6, 6.07) is 70.1. The smallest absolute Gasteiger partial charge is 0.160 e. The van der Waals surface area contributed by atoms with Crippen LogP contribution >= 0.6 is 11.3 Å². The summed E-state index contributed by atoms with van der Waals surface area (Å²) in [4.78, 5) is 16.9. The van der Waals surface area contributed by atoms with Gasteiger partial charge < -0.3 is 0 Å². The summed E-state index contributed by atoms with van der Waals surface area (Å²) in [5.74, 6) is 0.693. The quantitative estimate of drug-likeness (QED) is 0.165. The Kier molecular flexibility index (Phi) is 8.36. The van der Waals surface area contributed by atoms with Gasteiger partial charge in [0.05, 0.1) is 22.6 Å². The number of hydrogen-bond acceptors (Lipinski definition) is 4. The summed E-state index contributed by atoms with van der Waals surface area (Å²) in [6.45, 7) is 0. The Morgan fingerprint density at radius 2 is 0.855 bits per heavy atom. The van der Waals surface area contributed by atoms with Gasteiger partial charge in [0.25, 0.3) is 0 Å². The van der Waals surface area contributed by atoms with Crippen LogP contribution in [0.1, 0.15) is 0 Å². The molecule has 10 rings (SSSR count). The van der Waals surface area contributed by atoms with E-state index < -0.39 is 0 Å². The van der Waals surface area contributed by atoms with Crippen LogP contribution in [0.4, 0.5) is 0 Å². The Hall–Kier alpha value is -7.01. The van der Waals surface area contributed by atoms with Crippen molar-refractivity contribution >= 4 is 32.3 Å². The molecule has 0 bridgehead atoms. The highest BCUT2D eigenvalue weighted by molar-refractivity contribution is 7.24. The number of nitrogens with zero attached hydrogens (tertiary/aromatic N) is 3. The third kappa shape index (κ3) is 6.19. The number of rotatable bonds is 7. The maximum Gasteiger partial charge on any atom is 0.160 e. The SMILES string of the molecule is c1ccc(-c2ccc(-c3cc(-c4cccc(-c5c(-c6ccccc6)sc6c5c(-c5ccccc5)nc5ccccc56)c4)nc(-c4ccccc4)n3)cc2)cc1. The molecule has 0 radical (unpaired) electrons. The van der Waals surface area contributed by atoms with E-state index in [0.29, 0.717) is 5.82 Å². The van der Waals surface area contributed by atoms with Crippen LogP contribution in [0.5, 0.6) is 0 Å². The number of thiophene rings is 1. The fraction of sp³-hybridized carbons (Fsp3) is 0. The third-order valence-corrected chi connectivity index (χ3v) is 11.4. The van der Waals surface area contributed by atoms with Crippen molar-refractivity contribution in [3.05, 3.63) is 200 Å². The van der Waals surface area contributed by atoms with Crippen molar-refractivity contribution in [1.82, 2.24) is 15.0 Å². The van der Waals surface area contributed by atoms with E-state index in [1.165, 1.54) is 31.8 Å². The fourth-order valence-corrected chi connectivity index (χ4v) is 8.78. The van der Waals surface area contributed by atoms with E-state index in [0.717, 1.165) is 61.2 Å². The highest BCUT2D eigenvalue weighted by Gasteiger charge is 2.23. The van der Waals surface area contributed by atoms with Crippen LogP contribution in [0.15, 0.2) is 200 Å². The average Bonchev–Trinajstić information content (AvgIpc) is 3.69. The number of benzene rings is 7. The second-order valence-electron chi connectivity index (χ2n) is 13.6. The first kappa shape index (κ1) is 32.6. The standard InChI is InChI=1S/C51H33N3S/c1-5-16-34(17-6-1)35-28-30-36(31-29-35)44-33-45(54-51(53-44)39-22-11-4-12-23-39)40-24-15-25-41(32-40)46-47-48(37-18-7-2-8-19-37)52-43-27-14-13-26-42(43)50(47)55-49(46)38-20-9-3-10-21-38/h1-33H. The van der Waals surface area contributed by atoms with Gasteiger partial charge in [-0.15, -0.1) is 11.3 Å². The highest BCUT2D eigenvalue weighted by atomic mass is 32.1. The molecule has 0 saturated carbocycles. The van der Waals surface area contributed by atoms with E-state index in [9.17, 15) is 0 Å². The van der Waals surface area contributed by atoms with Gasteiger partial charge in [0.15, 0.2) is 5.82 Å². The molecular weight excluding hydrogens is 687 g/mol. The van der Waals surface area contributed by atoms with Crippen molar-refractivity contribution in [2.45, 2.75) is 0 Å². The number of pyridine rings is 1. The highest BCUT2D eigenvalue weighted by Crippen LogP contribution is 2.50. The lowest BCUT2D eigenvalue weighted by atomic mass is 9.93. The molecule has 0 fully saturated rings. The molecule has 4 heteroatoms. The number of aromatic nitrogens is 3. The van der Waals surface area contributed by atoms with Gasteiger partial charge in [0, 0.05) is 48.2 Å². The molecule has 55 heavy (non-hydrogen) atoms. The first-order valence-electron chi connectivity index (χ1n) is 18.4. The van der Waals surface area contributed by atoms with E-state index in [-0.39, 0.29) is 0 Å². The molecule has 3 heterocycles. The molecule has 3 nitrogen and oxygen atoms in total. The average molecular weight is 720 g/mol. The van der Waals surface area contributed by atoms with Crippen molar-refractivity contribution in [1.29, 1.82) is 0 Å². The van der Waals surface area contributed by atoms with Gasteiger partial charge in [-0.05, 0) is 40.5 Å². The zero-order valence-electron chi connectivity index (χ0n) is 29.8. The van der Waals surface area contributed by atoms with Crippen molar-refractivity contribution in [3.8, 4) is 77.9 Å². The van der Waals surface area contributed by atoms with E-state index in [4.69, 9.17) is 15.0 Å². The van der Waals surface area contributed by atoms with Crippen LogP contribution < -0.4 is 0 Å². The van der Waals surface area contributed by atoms with Crippen molar-refractivity contribution in [3.63, 3.8) is 0 Å². The first-order valence-corrected chi connectivity index (χ1v) is 19.3. The van der Waals surface area contributed by atoms with E-state index >= 15 is 0 Å². The molecule has 0 spiro atoms. The zero-order chi connectivity index (χ0) is 36.6. The molecule has 0 atom stereocenters. The minimum absolute atomic E-state index is 0.693. The molecule has 3 aromatic heterocycles. The monoisotopic (exact) mass is 719 g/mol. The van der Waals surface area contributed by atoms with Gasteiger partial charge in [0.2, 0.25) is 0 Å². The summed E-state index contributed by atoms with van der Waals surface area (Å²) in [5.41, 5.74) is 13.7. The molecule has 0 unspecified atom stereocenters. The predicted molar refractivity (Wildman–Crippen MR) is 231 cm³/mol. The summed E-state index contributed by atoms with van der Waals surface area (Å²) in [7, 11) is 0. The second-order valence-corrected chi connectivity index (χ2v) is 14.6. The molecule has 7 aromatic carbocycles. The molecule has 0 aliphatic rings. The van der Waals surface area contributed by atoms with Crippen LogP contribution in [0.25, 0.3) is 98.8 Å². The van der Waals surface area contributed by atoms with E-state index in [1.54, 1.807) is 0 Å². The third-order valence-electron chi connectivity index (χ3n) is 10.1. The van der Waals surface area contributed by atoms with Gasteiger partial charge in [-0.3, -0.25) is 0 Å². The minimum Gasteiger partial charge on any atom is -0.247 e. The molecule has 0 aliphatic carbocycles. The summed E-state index contributed by atoms with van der Waals surface area (Å²) in [5, 5.41) is 2.32. The molecule has 0 saturated heterocycles. The van der Waals surface area contributed by atoms with Gasteiger partial charge in [-0.1, -0.05) is 182 Å². The maximum atomic E-state index is 5.35. The topological polar surface area (TPSA) is 38.7 Å². The molecule has 0 aliphatic heterocycles. The Bertz CT molecular complexity index is 2940. The largest absolute Gasteiger partial charge is 0.247 e. The second kappa shape index (κ2) is 14.1. The molecule has 0 amide bonds. The minimum atomic E-state index is 0.693. The Morgan fingerprint density at radius 1 is 0.345 bits per heavy atom. The van der Waals surface area contributed by atoms with Crippen LogP contribution in [0.2, 0.25) is 0 Å². The number of para-hydroxylation sites is 1. The Morgan fingerprint density at radius 3 is 1.55 bits per heavy atom. The summed E-state index contributed by atoms with van der Waals surface area (Å²) >= 11 is 1.85. The fourth-order valence-electron chi connectivity index (χ4n) is 7.42. The van der Waals surface area contributed by atoms with Gasteiger partial charge in [-0.2, -0.15) is 0 Å². The van der Waals surface area contributed by atoms with Crippen molar-refractivity contribution in [2.24, 2.45) is 0 Å².